The molecule has 0 saturated heterocycles. The molecule has 0 bridgehead atoms. The van der Waals surface area contributed by atoms with Crippen molar-refractivity contribution in [2.24, 2.45) is 0 Å². The van der Waals surface area contributed by atoms with E-state index in [4.69, 9.17) is 5.11 Å². The van der Waals surface area contributed by atoms with Gasteiger partial charge in [0, 0.05) is 5.69 Å². The van der Waals surface area contributed by atoms with Crippen molar-refractivity contribution >= 4 is 5.97 Å². The average molecular weight is 192 g/mol. The Morgan fingerprint density at radius 1 is 1.43 bits per heavy atom. The smallest absolute Gasteiger partial charge is 0.315 e. The Morgan fingerprint density at radius 3 is 2.86 bits per heavy atom. The summed E-state index contributed by atoms with van der Waals surface area (Å²) in [6, 6.07) is 0. The van der Waals surface area contributed by atoms with E-state index in [0.717, 1.165) is 43.5 Å². The van der Waals surface area contributed by atoms with Gasteiger partial charge in [-0.15, -0.1) is 0 Å². The molecule has 1 fully saturated rings. The quantitative estimate of drug-likeness (QED) is 0.735. The lowest BCUT2D eigenvalue weighted by molar-refractivity contribution is -0.140. The van der Waals surface area contributed by atoms with Gasteiger partial charge in [0.25, 0.3) is 0 Å². The summed E-state index contributed by atoms with van der Waals surface area (Å²) < 4.78 is 0. The number of nitrogens with one attached hydrogen (secondary N) is 1. The number of H-pyrrole nitrogens is 1. The number of carbonyl (C=O) groups is 1. The number of carboxylic acids is 1. The van der Waals surface area contributed by atoms with Crippen LogP contribution in [-0.2, 0) is 23.1 Å². The van der Waals surface area contributed by atoms with Crippen LogP contribution in [0.3, 0.4) is 0 Å². The molecule has 74 valence electrons. The summed E-state index contributed by atoms with van der Waals surface area (Å²) in [5.41, 5.74) is 2.53. The first-order valence-electron chi connectivity index (χ1n) is 5.04. The largest absolute Gasteiger partial charge is 0.481 e. The average Bonchev–Trinajstić information content (AvgIpc) is 2.67. The van der Waals surface area contributed by atoms with Crippen LogP contribution < -0.4 is 0 Å². The highest BCUT2D eigenvalue weighted by Gasteiger charge is 2.55. The third-order valence-electron chi connectivity index (χ3n) is 3.42. The summed E-state index contributed by atoms with van der Waals surface area (Å²) in [4.78, 5) is 11.1. The molecule has 4 heteroatoms. The lowest BCUT2D eigenvalue weighted by atomic mass is 9.98. The summed E-state index contributed by atoms with van der Waals surface area (Å²) in [5.74, 6) is -0.710. The number of aromatic amines is 1. The maximum Gasteiger partial charge on any atom is 0.315 e. The van der Waals surface area contributed by atoms with E-state index in [1.165, 1.54) is 5.56 Å². The molecule has 2 aliphatic carbocycles. The predicted molar refractivity (Wildman–Crippen MR) is 49.2 cm³/mol. The minimum atomic E-state index is -0.710. The number of fused-ring (bicyclic) bond motifs is 1. The molecule has 0 aromatic carbocycles. The Hall–Kier alpha value is -1.32. The van der Waals surface area contributed by atoms with Crippen LogP contribution in [0.1, 0.15) is 36.2 Å². The van der Waals surface area contributed by atoms with E-state index in [2.05, 4.69) is 10.2 Å². The highest BCUT2D eigenvalue weighted by Crippen LogP contribution is 2.50. The number of aromatic nitrogens is 2. The first-order chi connectivity index (χ1) is 6.74. The van der Waals surface area contributed by atoms with Crippen LogP contribution in [-0.4, -0.2) is 21.3 Å². The normalized spacial score (nSPS) is 22.0. The van der Waals surface area contributed by atoms with Crippen LogP contribution in [0.25, 0.3) is 0 Å². The van der Waals surface area contributed by atoms with Crippen LogP contribution in [0.2, 0.25) is 0 Å². The van der Waals surface area contributed by atoms with E-state index in [-0.39, 0.29) is 0 Å². The standard InChI is InChI=1S/C10H12N2O2/c13-9(14)10(4-5-10)8-6-2-1-3-7(6)11-12-8/h1-5H2,(H,11,12)(H,13,14). The van der Waals surface area contributed by atoms with Crippen molar-refractivity contribution in [1.29, 1.82) is 0 Å². The first-order valence-corrected chi connectivity index (χ1v) is 5.04. The molecule has 0 amide bonds. The van der Waals surface area contributed by atoms with E-state index in [9.17, 15) is 4.79 Å². The van der Waals surface area contributed by atoms with E-state index in [0.29, 0.717) is 0 Å². The molecule has 1 saturated carbocycles. The lowest BCUT2D eigenvalue weighted by Crippen LogP contribution is -2.21. The summed E-state index contributed by atoms with van der Waals surface area (Å²) >= 11 is 0. The second kappa shape index (κ2) is 2.38. The second-order valence-corrected chi connectivity index (χ2v) is 4.27. The third kappa shape index (κ3) is 0.832. The van der Waals surface area contributed by atoms with E-state index in [1.807, 2.05) is 0 Å². The highest BCUT2D eigenvalue weighted by atomic mass is 16.4. The van der Waals surface area contributed by atoms with Gasteiger partial charge < -0.3 is 5.11 Å². The molecule has 14 heavy (non-hydrogen) atoms. The summed E-state index contributed by atoms with van der Waals surface area (Å²) in [5, 5.41) is 16.3. The van der Waals surface area contributed by atoms with Crippen molar-refractivity contribution < 1.29 is 9.90 Å². The van der Waals surface area contributed by atoms with Gasteiger partial charge in [-0.3, -0.25) is 9.89 Å². The third-order valence-corrected chi connectivity index (χ3v) is 3.42. The van der Waals surface area contributed by atoms with Crippen molar-refractivity contribution in [3.8, 4) is 0 Å². The molecule has 3 rings (SSSR count). The van der Waals surface area contributed by atoms with Crippen LogP contribution in [0.5, 0.6) is 0 Å². The van der Waals surface area contributed by atoms with Crippen molar-refractivity contribution in [2.75, 3.05) is 0 Å². The van der Waals surface area contributed by atoms with Crippen molar-refractivity contribution in [1.82, 2.24) is 10.2 Å². The zero-order valence-electron chi connectivity index (χ0n) is 7.84. The molecule has 4 nitrogen and oxygen atoms in total. The number of nitrogens with zero attached hydrogens (tertiary/aromatic N) is 1. The Balaban J connectivity index is 2.09. The van der Waals surface area contributed by atoms with Gasteiger partial charge in [0.15, 0.2) is 0 Å². The molecule has 1 aromatic rings. The van der Waals surface area contributed by atoms with E-state index >= 15 is 0 Å². The monoisotopic (exact) mass is 192 g/mol. The van der Waals surface area contributed by atoms with Gasteiger partial charge >= 0.3 is 5.97 Å². The van der Waals surface area contributed by atoms with Crippen molar-refractivity contribution in [2.45, 2.75) is 37.5 Å². The van der Waals surface area contributed by atoms with E-state index in [1.54, 1.807) is 0 Å². The number of hydrogen-bond acceptors (Lipinski definition) is 2. The number of hydrogen-bond donors (Lipinski definition) is 2. The molecule has 0 atom stereocenters. The molecule has 2 aliphatic rings. The van der Waals surface area contributed by atoms with Crippen molar-refractivity contribution in [3.05, 3.63) is 17.0 Å². The van der Waals surface area contributed by atoms with Gasteiger partial charge in [-0.25, -0.2) is 0 Å². The molecule has 0 spiro atoms. The van der Waals surface area contributed by atoms with Gasteiger partial charge in [-0.05, 0) is 37.7 Å². The molecule has 0 aliphatic heterocycles. The van der Waals surface area contributed by atoms with Gasteiger partial charge in [0.2, 0.25) is 0 Å². The fourth-order valence-corrected chi connectivity index (χ4v) is 2.39. The molecule has 0 unspecified atom stereocenters. The Labute approximate surface area is 81.3 Å². The zero-order chi connectivity index (χ0) is 9.76. The molecule has 1 heterocycles. The summed E-state index contributed by atoms with van der Waals surface area (Å²) in [7, 11) is 0. The van der Waals surface area contributed by atoms with E-state index < -0.39 is 11.4 Å². The molecule has 2 N–H and O–H groups in total. The SMILES string of the molecule is O=C(O)C1(c2n[nH]c3c2CCC3)CC1. The maximum atomic E-state index is 11.1. The number of carboxylic acid groups (broad SMARTS) is 1. The van der Waals surface area contributed by atoms with Gasteiger partial charge in [-0.1, -0.05) is 0 Å². The number of rotatable bonds is 2. The molecule has 0 radical (unpaired) electrons. The topological polar surface area (TPSA) is 66.0 Å². The fourth-order valence-electron chi connectivity index (χ4n) is 2.39. The predicted octanol–water partition coefficient (Wildman–Crippen LogP) is 1.01. The summed E-state index contributed by atoms with van der Waals surface area (Å²) in [6.07, 6.45) is 4.65. The lowest BCUT2D eigenvalue weighted by Gasteiger charge is -2.07. The van der Waals surface area contributed by atoms with Crippen LogP contribution in [0, 0.1) is 0 Å². The van der Waals surface area contributed by atoms with Crippen LogP contribution in [0.4, 0.5) is 0 Å². The summed E-state index contributed by atoms with van der Waals surface area (Å²) in [6.45, 7) is 0. The van der Waals surface area contributed by atoms with Crippen LogP contribution in [0.15, 0.2) is 0 Å². The second-order valence-electron chi connectivity index (χ2n) is 4.27. The Bertz CT molecular complexity index is 404. The van der Waals surface area contributed by atoms with Crippen LogP contribution >= 0.6 is 0 Å². The minimum absolute atomic E-state index is 0.631. The molecule has 1 aromatic heterocycles. The van der Waals surface area contributed by atoms with Gasteiger partial charge in [0.05, 0.1) is 5.69 Å². The number of aryl methyl sites for hydroxylation is 1. The Morgan fingerprint density at radius 2 is 2.21 bits per heavy atom. The minimum Gasteiger partial charge on any atom is -0.481 e. The molecular formula is C10H12N2O2. The fraction of sp³-hybridized carbons (Fsp3) is 0.600. The van der Waals surface area contributed by atoms with Gasteiger partial charge in [-0.2, -0.15) is 5.10 Å². The Kier molecular flexibility index (Phi) is 1.36. The number of aliphatic carboxylic acids is 1. The maximum absolute atomic E-state index is 11.1. The first kappa shape index (κ1) is 8.03. The zero-order valence-corrected chi connectivity index (χ0v) is 7.84. The highest BCUT2D eigenvalue weighted by molar-refractivity contribution is 5.84. The molecular weight excluding hydrogens is 180 g/mol. The van der Waals surface area contributed by atoms with Gasteiger partial charge in [0.1, 0.15) is 5.41 Å². The van der Waals surface area contributed by atoms with Crippen molar-refractivity contribution in [3.63, 3.8) is 0 Å².